The molecular weight excluding hydrogens is 210 g/mol. The molecule has 17 heavy (non-hydrogen) atoms. The molecule has 0 aromatic carbocycles. The van der Waals surface area contributed by atoms with Gasteiger partial charge >= 0.3 is 0 Å². The lowest BCUT2D eigenvalue weighted by molar-refractivity contribution is 0.0463. The van der Waals surface area contributed by atoms with Gasteiger partial charge in [-0.05, 0) is 43.9 Å². The van der Waals surface area contributed by atoms with E-state index in [1.807, 2.05) is 19.3 Å². The fourth-order valence-electron chi connectivity index (χ4n) is 2.54. The Morgan fingerprint density at radius 3 is 2.41 bits per heavy atom. The number of methoxy groups -OCH3 is 1. The molecule has 0 atom stereocenters. The Bertz CT molecular complexity index is 239. The molecule has 0 N–H and O–H groups in total. The van der Waals surface area contributed by atoms with E-state index in [1.54, 1.807) is 0 Å². The summed E-state index contributed by atoms with van der Waals surface area (Å²) < 4.78 is 5.43. The van der Waals surface area contributed by atoms with Crippen LogP contribution in [0.5, 0.6) is 0 Å². The summed E-state index contributed by atoms with van der Waals surface area (Å²) in [4.78, 5) is 2.48. The minimum Gasteiger partial charge on any atom is -0.381 e. The first-order chi connectivity index (χ1) is 8.17. The van der Waals surface area contributed by atoms with Gasteiger partial charge in [-0.3, -0.25) is 0 Å². The van der Waals surface area contributed by atoms with Crippen LogP contribution in [0.4, 0.5) is 0 Å². The highest BCUT2D eigenvalue weighted by Gasteiger charge is 2.24. The molecule has 98 valence electrons. The number of hydrogen-bond donors (Lipinski definition) is 0. The van der Waals surface area contributed by atoms with Crippen molar-refractivity contribution in [1.29, 1.82) is 0 Å². The van der Waals surface area contributed by atoms with Gasteiger partial charge in [0.2, 0.25) is 0 Å². The number of hydrogen-bond acceptors (Lipinski definition) is 2. The SMILES string of the molecule is C=C/C=C/N(CC(C)C)[C@H]1CC[C@@H](OC)CC1. The van der Waals surface area contributed by atoms with Gasteiger partial charge in [0.05, 0.1) is 6.10 Å². The van der Waals surface area contributed by atoms with Crippen LogP contribution in [0.15, 0.2) is 24.9 Å². The first-order valence-electron chi connectivity index (χ1n) is 6.75. The van der Waals surface area contributed by atoms with Gasteiger partial charge in [0.25, 0.3) is 0 Å². The van der Waals surface area contributed by atoms with Crippen molar-refractivity contribution in [3.63, 3.8) is 0 Å². The Morgan fingerprint density at radius 2 is 1.94 bits per heavy atom. The molecule has 1 aliphatic rings. The number of ether oxygens (including phenoxy) is 1. The first-order valence-corrected chi connectivity index (χ1v) is 6.75. The fraction of sp³-hybridized carbons (Fsp3) is 0.733. The van der Waals surface area contributed by atoms with Crippen LogP contribution in [-0.4, -0.2) is 30.7 Å². The molecule has 0 heterocycles. The van der Waals surface area contributed by atoms with Crippen molar-refractivity contribution in [2.45, 2.75) is 51.7 Å². The van der Waals surface area contributed by atoms with Gasteiger partial charge in [0, 0.05) is 19.7 Å². The van der Waals surface area contributed by atoms with Crippen LogP contribution >= 0.6 is 0 Å². The molecule has 1 saturated carbocycles. The van der Waals surface area contributed by atoms with Crippen molar-refractivity contribution in [3.8, 4) is 0 Å². The lowest BCUT2D eigenvalue weighted by Gasteiger charge is -2.37. The Morgan fingerprint density at radius 1 is 1.29 bits per heavy atom. The summed E-state index contributed by atoms with van der Waals surface area (Å²) in [7, 11) is 1.83. The molecule has 1 rings (SSSR count). The van der Waals surface area contributed by atoms with Crippen LogP contribution in [0, 0.1) is 5.92 Å². The van der Waals surface area contributed by atoms with Crippen LogP contribution in [0.3, 0.4) is 0 Å². The molecule has 1 aliphatic carbocycles. The number of allylic oxidation sites excluding steroid dienone is 2. The maximum absolute atomic E-state index is 5.43. The Balaban J connectivity index is 2.52. The largest absolute Gasteiger partial charge is 0.381 e. The zero-order valence-electron chi connectivity index (χ0n) is 11.6. The molecule has 0 amide bonds. The molecule has 0 aromatic heterocycles. The van der Waals surface area contributed by atoms with Gasteiger partial charge in [-0.25, -0.2) is 0 Å². The van der Waals surface area contributed by atoms with Crippen LogP contribution < -0.4 is 0 Å². The maximum Gasteiger partial charge on any atom is 0.0572 e. The third-order valence-corrected chi connectivity index (χ3v) is 3.44. The molecule has 0 saturated heterocycles. The van der Waals surface area contributed by atoms with Crippen molar-refractivity contribution in [2.24, 2.45) is 5.92 Å². The van der Waals surface area contributed by atoms with E-state index in [1.165, 1.54) is 25.7 Å². The molecule has 2 heteroatoms. The second kappa shape index (κ2) is 7.54. The Labute approximate surface area is 106 Å². The van der Waals surface area contributed by atoms with Gasteiger partial charge in [0.15, 0.2) is 0 Å². The van der Waals surface area contributed by atoms with E-state index in [2.05, 4.69) is 31.5 Å². The predicted octanol–water partition coefficient (Wildman–Crippen LogP) is 3.60. The van der Waals surface area contributed by atoms with Crippen LogP contribution in [0.2, 0.25) is 0 Å². The molecule has 0 radical (unpaired) electrons. The molecule has 0 spiro atoms. The first kappa shape index (κ1) is 14.3. The predicted molar refractivity (Wildman–Crippen MR) is 73.9 cm³/mol. The zero-order valence-corrected chi connectivity index (χ0v) is 11.6. The minimum atomic E-state index is 0.482. The molecule has 0 bridgehead atoms. The summed E-state index contributed by atoms with van der Waals surface area (Å²) >= 11 is 0. The van der Waals surface area contributed by atoms with Crippen molar-refractivity contribution >= 4 is 0 Å². The summed E-state index contributed by atoms with van der Waals surface area (Å²) in [5, 5.41) is 0. The van der Waals surface area contributed by atoms with Gasteiger partial charge in [-0.15, -0.1) is 0 Å². The number of nitrogens with zero attached hydrogens (tertiary/aromatic N) is 1. The van der Waals surface area contributed by atoms with Crippen molar-refractivity contribution in [1.82, 2.24) is 4.90 Å². The van der Waals surface area contributed by atoms with Crippen LogP contribution in [0.1, 0.15) is 39.5 Å². The molecule has 2 nitrogen and oxygen atoms in total. The van der Waals surface area contributed by atoms with E-state index >= 15 is 0 Å². The summed E-state index contributed by atoms with van der Waals surface area (Å²) in [6.07, 6.45) is 11.5. The fourth-order valence-corrected chi connectivity index (χ4v) is 2.54. The second-order valence-corrected chi connectivity index (χ2v) is 5.33. The Kier molecular flexibility index (Phi) is 6.35. The summed E-state index contributed by atoms with van der Waals surface area (Å²) in [6.45, 7) is 9.43. The van der Waals surface area contributed by atoms with E-state index in [-0.39, 0.29) is 0 Å². The average Bonchev–Trinajstić information content (AvgIpc) is 2.34. The lowest BCUT2D eigenvalue weighted by atomic mass is 9.91. The highest BCUT2D eigenvalue weighted by Crippen LogP contribution is 2.25. The van der Waals surface area contributed by atoms with Crippen LogP contribution in [-0.2, 0) is 4.74 Å². The van der Waals surface area contributed by atoms with Gasteiger partial charge in [-0.1, -0.05) is 26.5 Å². The quantitative estimate of drug-likeness (QED) is 0.654. The summed E-state index contributed by atoms with van der Waals surface area (Å²) in [6, 6.07) is 0.681. The summed E-state index contributed by atoms with van der Waals surface area (Å²) in [5.74, 6) is 0.699. The molecule has 0 unspecified atom stereocenters. The van der Waals surface area contributed by atoms with E-state index in [0.717, 1.165) is 6.54 Å². The van der Waals surface area contributed by atoms with Gasteiger partial charge in [-0.2, -0.15) is 0 Å². The maximum atomic E-state index is 5.43. The molecule has 1 fully saturated rings. The monoisotopic (exact) mass is 237 g/mol. The van der Waals surface area contributed by atoms with E-state index < -0.39 is 0 Å². The standard InChI is InChI=1S/C15H27NO/c1-5-6-11-16(12-13(2)3)14-7-9-15(17-4)10-8-14/h5-6,11,13-15H,1,7-10,12H2,2-4H3/b11-6+/t14-,15+. The summed E-state index contributed by atoms with van der Waals surface area (Å²) in [5.41, 5.74) is 0. The van der Waals surface area contributed by atoms with Crippen molar-refractivity contribution < 1.29 is 4.74 Å². The topological polar surface area (TPSA) is 12.5 Å². The molecule has 0 aromatic rings. The minimum absolute atomic E-state index is 0.482. The van der Waals surface area contributed by atoms with Crippen molar-refractivity contribution in [3.05, 3.63) is 24.9 Å². The lowest BCUT2D eigenvalue weighted by Crippen LogP contribution is -2.38. The molecule has 0 aliphatic heterocycles. The van der Waals surface area contributed by atoms with E-state index in [0.29, 0.717) is 18.1 Å². The van der Waals surface area contributed by atoms with Gasteiger partial charge in [0.1, 0.15) is 0 Å². The Hall–Kier alpha value is -0.760. The third kappa shape index (κ3) is 4.95. The van der Waals surface area contributed by atoms with E-state index in [4.69, 9.17) is 4.74 Å². The van der Waals surface area contributed by atoms with Gasteiger partial charge < -0.3 is 9.64 Å². The van der Waals surface area contributed by atoms with E-state index in [9.17, 15) is 0 Å². The van der Waals surface area contributed by atoms with Crippen molar-refractivity contribution in [2.75, 3.05) is 13.7 Å². The highest BCUT2D eigenvalue weighted by molar-refractivity contribution is 4.99. The van der Waals surface area contributed by atoms with Crippen LogP contribution in [0.25, 0.3) is 0 Å². The zero-order chi connectivity index (χ0) is 12.7. The smallest absolute Gasteiger partial charge is 0.0572 e. The molecular formula is C15H27NO. The third-order valence-electron chi connectivity index (χ3n) is 3.44. The second-order valence-electron chi connectivity index (χ2n) is 5.33. The number of rotatable bonds is 6. The average molecular weight is 237 g/mol. The normalized spacial score (nSPS) is 25.4. The highest BCUT2D eigenvalue weighted by atomic mass is 16.5.